The predicted molar refractivity (Wildman–Crippen MR) is 81.5 cm³/mol. The topological polar surface area (TPSA) is 46.0 Å². The van der Waals surface area contributed by atoms with Crippen LogP contribution in [0.5, 0.6) is 0 Å². The molecule has 0 unspecified atom stereocenters. The Morgan fingerprint density at radius 2 is 2.25 bits per heavy atom. The van der Waals surface area contributed by atoms with Gasteiger partial charge in [-0.05, 0) is 38.3 Å². The number of aromatic nitrogens is 3. The van der Waals surface area contributed by atoms with Gasteiger partial charge in [-0.1, -0.05) is 25.5 Å². The van der Waals surface area contributed by atoms with Gasteiger partial charge < -0.3 is 10.2 Å². The van der Waals surface area contributed by atoms with Crippen molar-refractivity contribution in [1.29, 1.82) is 0 Å². The molecule has 20 heavy (non-hydrogen) atoms. The first-order valence-electron chi connectivity index (χ1n) is 8.14. The average molecular weight is 279 g/mol. The van der Waals surface area contributed by atoms with Crippen LogP contribution in [0.15, 0.2) is 6.20 Å². The minimum absolute atomic E-state index is 0.827. The van der Waals surface area contributed by atoms with Crippen LogP contribution in [0.3, 0.4) is 0 Å². The fourth-order valence-corrected chi connectivity index (χ4v) is 2.58. The Bertz CT molecular complexity index is 372. The smallest absolute Gasteiger partial charge is 0.0964 e. The van der Waals surface area contributed by atoms with Gasteiger partial charge in [0, 0.05) is 25.8 Å². The SMILES string of the molecule is CCCNCc1cn(CCN(CC)CC2CCC2)nn1. The molecule has 1 aliphatic rings. The molecule has 0 aliphatic heterocycles. The van der Waals surface area contributed by atoms with E-state index in [-0.39, 0.29) is 0 Å². The maximum Gasteiger partial charge on any atom is 0.0964 e. The van der Waals surface area contributed by atoms with Crippen LogP contribution in [0.4, 0.5) is 0 Å². The van der Waals surface area contributed by atoms with Crippen molar-refractivity contribution in [3.8, 4) is 0 Å². The van der Waals surface area contributed by atoms with E-state index in [9.17, 15) is 0 Å². The van der Waals surface area contributed by atoms with Crippen LogP contribution >= 0.6 is 0 Å². The van der Waals surface area contributed by atoms with Crippen LogP contribution < -0.4 is 5.32 Å². The quantitative estimate of drug-likeness (QED) is 0.665. The monoisotopic (exact) mass is 279 g/mol. The Balaban J connectivity index is 1.69. The summed E-state index contributed by atoms with van der Waals surface area (Å²) in [5.74, 6) is 0.944. The molecule has 0 spiro atoms. The lowest BCUT2D eigenvalue weighted by molar-refractivity contribution is 0.177. The first-order chi connectivity index (χ1) is 9.81. The van der Waals surface area contributed by atoms with Crippen LogP contribution in [-0.2, 0) is 13.1 Å². The van der Waals surface area contributed by atoms with Crippen molar-refractivity contribution in [2.24, 2.45) is 5.92 Å². The van der Waals surface area contributed by atoms with Crippen LogP contribution in [0, 0.1) is 5.92 Å². The molecule has 1 fully saturated rings. The molecule has 1 N–H and O–H groups in total. The Morgan fingerprint density at radius 1 is 1.40 bits per heavy atom. The molecule has 0 aromatic carbocycles. The minimum atomic E-state index is 0.827. The summed E-state index contributed by atoms with van der Waals surface area (Å²) < 4.78 is 1.98. The second-order valence-electron chi connectivity index (χ2n) is 5.84. The lowest BCUT2D eigenvalue weighted by atomic mass is 9.85. The highest BCUT2D eigenvalue weighted by Crippen LogP contribution is 2.26. The van der Waals surface area contributed by atoms with Crippen molar-refractivity contribution in [2.75, 3.05) is 26.2 Å². The van der Waals surface area contributed by atoms with Crippen LogP contribution in [0.25, 0.3) is 0 Å². The van der Waals surface area contributed by atoms with Crippen molar-refractivity contribution in [3.05, 3.63) is 11.9 Å². The summed E-state index contributed by atoms with van der Waals surface area (Å²) in [6.07, 6.45) is 7.50. The third-order valence-electron chi connectivity index (χ3n) is 4.15. The zero-order valence-corrected chi connectivity index (χ0v) is 13.0. The molecule has 0 amide bonds. The van der Waals surface area contributed by atoms with E-state index in [1.807, 2.05) is 4.68 Å². The van der Waals surface area contributed by atoms with Gasteiger partial charge >= 0.3 is 0 Å². The molecule has 2 rings (SSSR count). The molecule has 0 radical (unpaired) electrons. The van der Waals surface area contributed by atoms with E-state index in [4.69, 9.17) is 0 Å². The molecule has 5 nitrogen and oxygen atoms in total. The average Bonchev–Trinajstić information content (AvgIpc) is 2.85. The largest absolute Gasteiger partial charge is 0.311 e. The van der Waals surface area contributed by atoms with Gasteiger partial charge in [0.2, 0.25) is 0 Å². The van der Waals surface area contributed by atoms with E-state index < -0.39 is 0 Å². The van der Waals surface area contributed by atoms with Crippen LogP contribution in [0.1, 0.15) is 45.2 Å². The van der Waals surface area contributed by atoms with Gasteiger partial charge in [-0.15, -0.1) is 5.10 Å². The van der Waals surface area contributed by atoms with Gasteiger partial charge in [0.1, 0.15) is 0 Å². The first kappa shape index (κ1) is 15.4. The van der Waals surface area contributed by atoms with Gasteiger partial charge in [-0.25, -0.2) is 0 Å². The summed E-state index contributed by atoms with van der Waals surface area (Å²) in [6.45, 7) is 10.7. The number of likely N-dealkylation sites (N-methyl/N-ethyl adjacent to an activating group) is 1. The fraction of sp³-hybridized carbons (Fsp3) is 0.867. The molecular formula is C15H29N5. The molecule has 114 valence electrons. The summed E-state index contributed by atoms with van der Waals surface area (Å²) in [5, 5.41) is 11.8. The molecule has 0 saturated heterocycles. The second-order valence-corrected chi connectivity index (χ2v) is 5.84. The summed E-state index contributed by atoms with van der Waals surface area (Å²) in [6, 6.07) is 0. The Morgan fingerprint density at radius 3 is 2.90 bits per heavy atom. The van der Waals surface area contributed by atoms with E-state index in [0.717, 1.165) is 50.8 Å². The van der Waals surface area contributed by atoms with Crippen molar-refractivity contribution < 1.29 is 0 Å². The predicted octanol–water partition coefficient (Wildman–Crippen LogP) is 1.90. The molecule has 0 atom stereocenters. The summed E-state index contributed by atoms with van der Waals surface area (Å²) in [7, 11) is 0. The van der Waals surface area contributed by atoms with Crippen molar-refractivity contribution in [1.82, 2.24) is 25.2 Å². The molecule has 0 bridgehead atoms. The molecule has 1 aliphatic carbocycles. The van der Waals surface area contributed by atoms with E-state index in [1.165, 1.54) is 25.8 Å². The highest BCUT2D eigenvalue weighted by molar-refractivity contribution is 4.91. The van der Waals surface area contributed by atoms with Crippen molar-refractivity contribution in [3.63, 3.8) is 0 Å². The summed E-state index contributed by atoms with van der Waals surface area (Å²) in [4.78, 5) is 2.54. The molecule has 1 aromatic heterocycles. The highest BCUT2D eigenvalue weighted by atomic mass is 15.4. The molecular weight excluding hydrogens is 250 g/mol. The Hall–Kier alpha value is -0.940. The van der Waals surface area contributed by atoms with Gasteiger partial charge in [-0.3, -0.25) is 4.68 Å². The fourth-order valence-electron chi connectivity index (χ4n) is 2.58. The number of hydrogen-bond acceptors (Lipinski definition) is 4. The summed E-state index contributed by atoms with van der Waals surface area (Å²) >= 11 is 0. The number of rotatable bonds is 10. The zero-order chi connectivity index (χ0) is 14.2. The molecule has 1 aromatic rings. The molecule has 1 saturated carbocycles. The van der Waals surface area contributed by atoms with Gasteiger partial charge in [0.25, 0.3) is 0 Å². The maximum absolute atomic E-state index is 4.21. The first-order valence-corrected chi connectivity index (χ1v) is 8.14. The van der Waals surface area contributed by atoms with Crippen LogP contribution in [0.2, 0.25) is 0 Å². The van der Waals surface area contributed by atoms with E-state index in [0.29, 0.717) is 0 Å². The minimum Gasteiger partial charge on any atom is -0.311 e. The zero-order valence-electron chi connectivity index (χ0n) is 13.0. The lowest BCUT2D eigenvalue weighted by Gasteiger charge is -2.31. The van der Waals surface area contributed by atoms with Gasteiger partial charge in [-0.2, -0.15) is 0 Å². The van der Waals surface area contributed by atoms with E-state index >= 15 is 0 Å². The normalized spacial score (nSPS) is 15.8. The van der Waals surface area contributed by atoms with Crippen molar-refractivity contribution >= 4 is 0 Å². The Kier molecular flexibility index (Phi) is 6.47. The van der Waals surface area contributed by atoms with E-state index in [1.54, 1.807) is 0 Å². The van der Waals surface area contributed by atoms with E-state index in [2.05, 4.69) is 40.6 Å². The second kappa shape index (κ2) is 8.37. The highest BCUT2D eigenvalue weighted by Gasteiger charge is 2.19. The summed E-state index contributed by atoms with van der Waals surface area (Å²) in [5.41, 5.74) is 1.04. The van der Waals surface area contributed by atoms with Gasteiger partial charge in [0.15, 0.2) is 0 Å². The lowest BCUT2D eigenvalue weighted by Crippen LogP contribution is -2.34. The Labute approximate surface area is 122 Å². The molecule has 5 heteroatoms. The third-order valence-corrected chi connectivity index (χ3v) is 4.15. The number of nitrogens with one attached hydrogen (secondary N) is 1. The van der Waals surface area contributed by atoms with Crippen molar-refractivity contribution in [2.45, 2.75) is 52.6 Å². The maximum atomic E-state index is 4.21. The number of hydrogen-bond donors (Lipinski definition) is 1. The van der Waals surface area contributed by atoms with Crippen LogP contribution in [-0.4, -0.2) is 46.1 Å². The molecule has 1 heterocycles. The van der Waals surface area contributed by atoms with Gasteiger partial charge in [0.05, 0.1) is 12.2 Å². The third kappa shape index (κ3) is 4.87. The number of nitrogens with zero attached hydrogens (tertiary/aromatic N) is 4. The standard InChI is InChI=1S/C15H29N5/c1-3-8-16-11-15-13-20(18-17-15)10-9-19(4-2)12-14-6-5-7-14/h13-14,16H,3-12H2,1-2H3.